The second-order valence-corrected chi connectivity index (χ2v) is 6.81. The van der Waals surface area contributed by atoms with Gasteiger partial charge in [0.1, 0.15) is 0 Å². The number of carbonyl (C=O) groups is 2. The molecule has 0 aliphatic heterocycles. The third-order valence-electron chi connectivity index (χ3n) is 3.76. The number of fused-ring (bicyclic) bond motifs is 1. The fourth-order valence-electron chi connectivity index (χ4n) is 2.51. The third kappa shape index (κ3) is 4.01. The maximum Gasteiger partial charge on any atom is 0.293 e. The Morgan fingerprint density at radius 2 is 1.85 bits per heavy atom. The van der Waals surface area contributed by atoms with Crippen LogP contribution in [-0.2, 0) is 4.79 Å². The monoisotopic (exact) mass is 406 g/mol. The quantitative estimate of drug-likeness (QED) is 0.718. The molecule has 1 N–H and O–H groups in total. The standard InChI is InChI=1S/C17H16Cl2N6O2/c1-9-7-10(2)25-17(20-9)22-15(23-25)16(27)24(3)8-13(26)21-14-11(18)5-4-6-12(14)19/h4-7H,8H2,1-3H3,(H,21,26). The van der Waals surface area contributed by atoms with Gasteiger partial charge in [-0.15, -0.1) is 5.10 Å². The number of hydrogen-bond donors (Lipinski definition) is 1. The normalized spacial score (nSPS) is 10.9. The Hall–Kier alpha value is -2.71. The Morgan fingerprint density at radius 3 is 2.52 bits per heavy atom. The van der Waals surface area contributed by atoms with Crippen molar-refractivity contribution in [3.63, 3.8) is 0 Å². The molecule has 0 bridgehead atoms. The van der Waals surface area contributed by atoms with Crippen molar-refractivity contribution in [2.24, 2.45) is 0 Å². The molecule has 0 atom stereocenters. The molecule has 0 spiro atoms. The summed E-state index contributed by atoms with van der Waals surface area (Å²) < 4.78 is 1.48. The molecule has 0 saturated carbocycles. The van der Waals surface area contributed by atoms with Crippen LogP contribution in [0.5, 0.6) is 0 Å². The van der Waals surface area contributed by atoms with Crippen molar-refractivity contribution in [2.75, 3.05) is 18.9 Å². The molecule has 0 unspecified atom stereocenters. The molecule has 0 radical (unpaired) electrons. The van der Waals surface area contributed by atoms with E-state index in [9.17, 15) is 9.59 Å². The summed E-state index contributed by atoms with van der Waals surface area (Å²) in [6, 6.07) is 6.72. The van der Waals surface area contributed by atoms with Crippen LogP contribution in [0.3, 0.4) is 0 Å². The lowest BCUT2D eigenvalue weighted by molar-refractivity contribution is -0.116. The Bertz CT molecular complexity index is 1030. The number of nitrogens with one attached hydrogen (secondary N) is 1. The number of aryl methyl sites for hydroxylation is 2. The fraction of sp³-hybridized carbons (Fsp3) is 0.235. The number of carbonyl (C=O) groups excluding carboxylic acids is 2. The molecule has 3 rings (SSSR count). The first-order valence-corrected chi connectivity index (χ1v) is 8.72. The summed E-state index contributed by atoms with van der Waals surface area (Å²) >= 11 is 12.1. The predicted octanol–water partition coefficient (Wildman–Crippen LogP) is 2.76. The Labute approximate surface area is 165 Å². The fourth-order valence-corrected chi connectivity index (χ4v) is 3.00. The van der Waals surface area contributed by atoms with Gasteiger partial charge in [0.05, 0.1) is 22.3 Å². The number of hydrogen-bond acceptors (Lipinski definition) is 5. The molecule has 2 amide bonds. The van der Waals surface area contributed by atoms with Crippen molar-refractivity contribution >= 4 is 46.5 Å². The molecule has 1 aromatic carbocycles. The molecule has 0 saturated heterocycles. The maximum atomic E-state index is 12.6. The minimum Gasteiger partial charge on any atom is -0.330 e. The van der Waals surface area contributed by atoms with Gasteiger partial charge in [-0.1, -0.05) is 29.3 Å². The summed E-state index contributed by atoms with van der Waals surface area (Å²) in [5.41, 5.74) is 1.88. The topological polar surface area (TPSA) is 92.5 Å². The van der Waals surface area contributed by atoms with Crippen molar-refractivity contribution in [1.29, 1.82) is 0 Å². The molecule has 2 heterocycles. The number of halogens is 2. The van der Waals surface area contributed by atoms with Crippen LogP contribution in [-0.4, -0.2) is 49.9 Å². The van der Waals surface area contributed by atoms with Gasteiger partial charge in [-0.25, -0.2) is 9.50 Å². The minimum atomic E-state index is -0.502. The van der Waals surface area contributed by atoms with Gasteiger partial charge < -0.3 is 10.2 Å². The van der Waals surface area contributed by atoms with Crippen LogP contribution >= 0.6 is 23.2 Å². The van der Waals surface area contributed by atoms with E-state index in [0.717, 1.165) is 11.4 Å². The van der Waals surface area contributed by atoms with Gasteiger partial charge in [0.2, 0.25) is 11.7 Å². The maximum absolute atomic E-state index is 12.6. The first kappa shape index (κ1) is 19.1. The Morgan fingerprint density at radius 1 is 1.19 bits per heavy atom. The number of likely N-dealkylation sites (N-methyl/N-ethyl adjacent to an activating group) is 1. The highest BCUT2D eigenvalue weighted by Crippen LogP contribution is 2.29. The summed E-state index contributed by atoms with van der Waals surface area (Å²) in [7, 11) is 1.48. The zero-order chi connectivity index (χ0) is 19.7. The first-order valence-electron chi connectivity index (χ1n) is 7.96. The largest absolute Gasteiger partial charge is 0.330 e. The SMILES string of the molecule is Cc1cc(C)n2nc(C(=O)N(C)CC(=O)Nc3c(Cl)cccc3Cl)nc2n1. The minimum absolute atomic E-state index is 0.0396. The number of nitrogens with zero attached hydrogens (tertiary/aromatic N) is 5. The third-order valence-corrected chi connectivity index (χ3v) is 4.39. The van der Waals surface area contributed by atoms with Crippen LogP contribution < -0.4 is 5.32 Å². The first-order chi connectivity index (χ1) is 12.8. The molecular formula is C17H16Cl2N6O2. The molecular weight excluding hydrogens is 391 g/mol. The van der Waals surface area contributed by atoms with Gasteiger partial charge >= 0.3 is 0 Å². The van der Waals surface area contributed by atoms with E-state index in [1.54, 1.807) is 18.2 Å². The molecule has 27 heavy (non-hydrogen) atoms. The molecule has 2 aromatic heterocycles. The summed E-state index contributed by atoms with van der Waals surface area (Å²) in [6.07, 6.45) is 0. The van der Waals surface area contributed by atoms with E-state index in [1.807, 2.05) is 19.9 Å². The van der Waals surface area contributed by atoms with E-state index in [2.05, 4.69) is 20.4 Å². The van der Waals surface area contributed by atoms with Crippen molar-refractivity contribution in [3.8, 4) is 0 Å². The van der Waals surface area contributed by atoms with Crippen molar-refractivity contribution in [2.45, 2.75) is 13.8 Å². The van der Waals surface area contributed by atoms with Crippen LogP contribution in [0.1, 0.15) is 22.0 Å². The molecule has 10 heteroatoms. The molecule has 140 valence electrons. The van der Waals surface area contributed by atoms with E-state index in [-0.39, 0.29) is 12.4 Å². The number of anilines is 1. The van der Waals surface area contributed by atoms with Crippen LogP contribution in [0.25, 0.3) is 5.78 Å². The summed E-state index contributed by atoms with van der Waals surface area (Å²) in [5, 5.41) is 7.39. The zero-order valence-electron chi connectivity index (χ0n) is 14.8. The van der Waals surface area contributed by atoms with Crippen LogP contribution in [0.15, 0.2) is 24.3 Å². The second kappa shape index (κ2) is 7.50. The summed E-state index contributed by atoms with van der Waals surface area (Å²) in [6.45, 7) is 3.45. The van der Waals surface area contributed by atoms with E-state index in [4.69, 9.17) is 23.2 Å². The highest BCUT2D eigenvalue weighted by Gasteiger charge is 2.21. The van der Waals surface area contributed by atoms with Crippen molar-refractivity contribution in [1.82, 2.24) is 24.5 Å². The average molecular weight is 407 g/mol. The highest BCUT2D eigenvalue weighted by molar-refractivity contribution is 6.39. The molecule has 0 fully saturated rings. The molecule has 0 aliphatic carbocycles. The lowest BCUT2D eigenvalue weighted by Gasteiger charge is -2.15. The molecule has 8 nitrogen and oxygen atoms in total. The van der Waals surface area contributed by atoms with Crippen LogP contribution in [0, 0.1) is 13.8 Å². The van der Waals surface area contributed by atoms with Gasteiger partial charge in [0, 0.05) is 18.4 Å². The van der Waals surface area contributed by atoms with Gasteiger partial charge in [-0.05, 0) is 32.0 Å². The summed E-state index contributed by atoms with van der Waals surface area (Å²) in [4.78, 5) is 34.4. The van der Waals surface area contributed by atoms with E-state index < -0.39 is 11.8 Å². The van der Waals surface area contributed by atoms with Gasteiger partial charge in [0.25, 0.3) is 11.7 Å². The van der Waals surface area contributed by atoms with Crippen LogP contribution in [0.4, 0.5) is 5.69 Å². The lowest BCUT2D eigenvalue weighted by atomic mass is 10.3. The number of aromatic nitrogens is 4. The average Bonchev–Trinajstić information content (AvgIpc) is 3.01. The highest BCUT2D eigenvalue weighted by atomic mass is 35.5. The number of benzene rings is 1. The molecule has 3 aromatic rings. The summed E-state index contributed by atoms with van der Waals surface area (Å²) in [5.74, 6) is -0.661. The Balaban J connectivity index is 1.74. The van der Waals surface area contributed by atoms with Gasteiger partial charge in [-0.2, -0.15) is 4.98 Å². The van der Waals surface area contributed by atoms with Crippen LogP contribution in [0.2, 0.25) is 10.0 Å². The number of para-hydroxylation sites is 1. The lowest BCUT2D eigenvalue weighted by Crippen LogP contribution is -2.35. The van der Waals surface area contributed by atoms with Crippen molar-refractivity contribution in [3.05, 3.63) is 51.5 Å². The zero-order valence-corrected chi connectivity index (χ0v) is 16.3. The second-order valence-electron chi connectivity index (χ2n) is 5.99. The van der Waals surface area contributed by atoms with Gasteiger partial charge in [-0.3, -0.25) is 9.59 Å². The number of amides is 2. The van der Waals surface area contributed by atoms with Gasteiger partial charge in [0.15, 0.2) is 0 Å². The van der Waals surface area contributed by atoms with E-state index in [0.29, 0.717) is 21.5 Å². The van der Waals surface area contributed by atoms with Crippen molar-refractivity contribution < 1.29 is 9.59 Å². The smallest absolute Gasteiger partial charge is 0.293 e. The Kier molecular flexibility index (Phi) is 5.29. The van der Waals surface area contributed by atoms with E-state index >= 15 is 0 Å². The number of rotatable bonds is 4. The molecule has 0 aliphatic rings. The predicted molar refractivity (Wildman–Crippen MR) is 102 cm³/mol. The van der Waals surface area contributed by atoms with E-state index in [1.165, 1.54) is 16.5 Å².